The van der Waals surface area contributed by atoms with E-state index < -0.39 is 11.7 Å². The van der Waals surface area contributed by atoms with Crippen LogP contribution < -0.4 is 9.64 Å². The fourth-order valence-electron chi connectivity index (χ4n) is 4.67. The molecule has 0 aromatic heterocycles. The van der Waals surface area contributed by atoms with Crippen molar-refractivity contribution in [2.45, 2.75) is 25.5 Å². The zero-order valence-electron chi connectivity index (χ0n) is 20.0. The van der Waals surface area contributed by atoms with Crippen molar-refractivity contribution in [3.8, 4) is 5.75 Å². The minimum absolute atomic E-state index is 0.118. The van der Waals surface area contributed by atoms with E-state index >= 15 is 0 Å². The summed E-state index contributed by atoms with van der Waals surface area (Å²) in [5.74, 6) is -0.754. The van der Waals surface area contributed by atoms with Crippen LogP contribution in [0.3, 0.4) is 0 Å². The summed E-state index contributed by atoms with van der Waals surface area (Å²) < 4.78 is 32.6. The Balaban J connectivity index is 1.33. The Labute approximate surface area is 214 Å². The van der Waals surface area contributed by atoms with Gasteiger partial charge >= 0.3 is 0 Å². The molecule has 1 aliphatic heterocycles. The summed E-state index contributed by atoms with van der Waals surface area (Å²) in [6.45, 7) is 0.442. The van der Waals surface area contributed by atoms with E-state index in [2.05, 4.69) is 0 Å². The van der Waals surface area contributed by atoms with Gasteiger partial charge in [0.1, 0.15) is 24.0 Å². The maximum atomic E-state index is 13.5. The number of ether oxygens (including phenoxy) is 1. The maximum absolute atomic E-state index is 13.5. The molecule has 0 aliphatic carbocycles. The number of carbonyl (C=O) groups excluding carboxylic acids is 2. The predicted octanol–water partition coefficient (Wildman–Crippen LogP) is 6.91. The molecule has 4 aromatic rings. The molecule has 1 aliphatic rings. The number of amides is 1. The lowest BCUT2D eigenvalue weighted by molar-refractivity contribution is -0.130. The number of hydrogen-bond donors (Lipinski definition) is 0. The lowest BCUT2D eigenvalue weighted by atomic mass is 9.78. The van der Waals surface area contributed by atoms with E-state index in [-0.39, 0.29) is 30.0 Å². The number of Topliss-reactive ketones (excluding diaryl/α,β-unsaturated/α-hetero) is 1. The normalized spacial score (nSPS) is 16.8. The summed E-state index contributed by atoms with van der Waals surface area (Å²) in [6, 6.07) is 28.3. The second kappa shape index (κ2) is 10.7. The van der Waals surface area contributed by atoms with Gasteiger partial charge in [-0.05, 0) is 78.2 Å². The third-order valence-corrected chi connectivity index (χ3v) is 6.64. The summed E-state index contributed by atoms with van der Waals surface area (Å²) in [5, 5.41) is 0. The molecule has 186 valence electrons. The topological polar surface area (TPSA) is 46.6 Å². The number of halogens is 2. The van der Waals surface area contributed by atoms with Gasteiger partial charge in [0.15, 0.2) is 5.78 Å². The average Bonchev–Trinajstić information content (AvgIpc) is 2.93. The molecular weight excluding hydrogens is 472 g/mol. The summed E-state index contributed by atoms with van der Waals surface area (Å²) in [7, 11) is 0. The maximum Gasteiger partial charge on any atom is 0.233 e. The molecular formula is C31H25F2NO3. The van der Waals surface area contributed by atoms with Gasteiger partial charge in [0.2, 0.25) is 5.91 Å². The van der Waals surface area contributed by atoms with Crippen molar-refractivity contribution in [2.24, 2.45) is 5.92 Å². The van der Waals surface area contributed by atoms with Crippen LogP contribution >= 0.6 is 0 Å². The average molecular weight is 498 g/mol. The number of β-lactam (4-membered cyclic amide) rings is 1. The number of ketones is 1. The van der Waals surface area contributed by atoms with E-state index in [1.54, 1.807) is 17.0 Å². The minimum Gasteiger partial charge on any atom is -0.489 e. The number of benzene rings is 4. The molecule has 2 atom stereocenters. The molecule has 0 radical (unpaired) electrons. The van der Waals surface area contributed by atoms with E-state index in [1.807, 2.05) is 54.6 Å². The van der Waals surface area contributed by atoms with Gasteiger partial charge < -0.3 is 9.64 Å². The summed E-state index contributed by atoms with van der Waals surface area (Å²) in [5.41, 5.74) is 2.97. The van der Waals surface area contributed by atoms with Crippen molar-refractivity contribution in [2.75, 3.05) is 4.90 Å². The van der Waals surface area contributed by atoms with Gasteiger partial charge in [-0.25, -0.2) is 8.78 Å². The minimum atomic E-state index is -0.412. The molecule has 5 rings (SSSR count). The summed E-state index contributed by atoms with van der Waals surface area (Å²) in [6.07, 6.45) is 0.512. The van der Waals surface area contributed by atoms with Crippen LogP contribution in [0.2, 0.25) is 0 Å². The fourth-order valence-corrected chi connectivity index (χ4v) is 4.67. The van der Waals surface area contributed by atoms with E-state index in [4.69, 9.17) is 4.74 Å². The van der Waals surface area contributed by atoms with Crippen molar-refractivity contribution in [1.82, 2.24) is 0 Å². The number of hydrogen-bond acceptors (Lipinski definition) is 3. The number of rotatable bonds is 9. The molecule has 0 bridgehead atoms. The fraction of sp³-hybridized carbons (Fsp3) is 0.161. The third kappa shape index (κ3) is 5.43. The monoisotopic (exact) mass is 497 g/mol. The van der Waals surface area contributed by atoms with Crippen LogP contribution in [0.4, 0.5) is 14.5 Å². The number of carbonyl (C=O) groups is 2. The molecule has 4 nitrogen and oxygen atoms in total. The smallest absolute Gasteiger partial charge is 0.233 e. The predicted molar refractivity (Wildman–Crippen MR) is 137 cm³/mol. The first-order chi connectivity index (χ1) is 18.0. The van der Waals surface area contributed by atoms with E-state index in [9.17, 15) is 18.4 Å². The molecule has 0 N–H and O–H groups in total. The Morgan fingerprint density at radius 2 is 1.41 bits per heavy atom. The molecule has 1 saturated heterocycles. The van der Waals surface area contributed by atoms with E-state index in [0.717, 1.165) is 11.1 Å². The van der Waals surface area contributed by atoms with Gasteiger partial charge in [-0.2, -0.15) is 0 Å². The van der Waals surface area contributed by atoms with Crippen LogP contribution in [0.15, 0.2) is 103 Å². The first-order valence-electron chi connectivity index (χ1n) is 12.1. The Morgan fingerprint density at radius 1 is 0.784 bits per heavy atom. The molecule has 37 heavy (non-hydrogen) atoms. The summed E-state index contributed by atoms with van der Waals surface area (Å²) >= 11 is 0. The number of nitrogens with zero attached hydrogens (tertiary/aromatic N) is 1. The van der Waals surface area contributed by atoms with Gasteiger partial charge in [0, 0.05) is 17.7 Å². The third-order valence-electron chi connectivity index (χ3n) is 6.64. The largest absolute Gasteiger partial charge is 0.489 e. The van der Waals surface area contributed by atoms with Gasteiger partial charge in [0.05, 0.1) is 12.0 Å². The highest BCUT2D eigenvalue weighted by Gasteiger charge is 2.48. The van der Waals surface area contributed by atoms with Gasteiger partial charge in [-0.3, -0.25) is 9.59 Å². The quantitative estimate of drug-likeness (QED) is 0.186. The zero-order chi connectivity index (χ0) is 25.8. The molecule has 6 heteroatoms. The van der Waals surface area contributed by atoms with Crippen LogP contribution in [0, 0.1) is 17.6 Å². The Kier molecular flexibility index (Phi) is 7.08. The SMILES string of the molecule is O=C(CC[C@H]1C(=O)N(c2ccc(F)cc2)[C@H]1c1ccc(OCc2ccccc2)cc1)c1ccc(F)cc1. The molecule has 0 unspecified atom stereocenters. The Bertz CT molecular complexity index is 1370. The molecule has 1 fully saturated rings. The van der Waals surface area contributed by atoms with Gasteiger partial charge in [-0.1, -0.05) is 42.5 Å². The van der Waals surface area contributed by atoms with E-state index in [0.29, 0.717) is 30.0 Å². The lowest BCUT2D eigenvalue weighted by Crippen LogP contribution is -2.55. The molecule has 1 heterocycles. The zero-order valence-corrected chi connectivity index (χ0v) is 20.0. The van der Waals surface area contributed by atoms with Crippen molar-refractivity contribution in [3.63, 3.8) is 0 Å². The second-order valence-corrected chi connectivity index (χ2v) is 9.05. The molecule has 4 aromatic carbocycles. The second-order valence-electron chi connectivity index (χ2n) is 9.05. The highest BCUT2D eigenvalue weighted by atomic mass is 19.1. The van der Waals surface area contributed by atoms with Crippen molar-refractivity contribution in [3.05, 3.63) is 131 Å². The molecule has 1 amide bonds. The van der Waals surface area contributed by atoms with E-state index in [1.165, 1.54) is 36.4 Å². The highest BCUT2D eigenvalue weighted by Crippen LogP contribution is 2.46. The van der Waals surface area contributed by atoms with Crippen LogP contribution in [-0.2, 0) is 11.4 Å². The number of anilines is 1. The van der Waals surface area contributed by atoms with Crippen LogP contribution in [0.5, 0.6) is 5.75 Å². The Morgan fingerprint density at radius 3 is 2.05 bits per heavy atom. The first kappa shape index (κ1) is 24.4. The van der Waals surface area contributed by atoms with Crippen molar-refractivity contribution >= 4 is 17.4 Å². The Hall–Kier alpha value is -4.32. The highest BCUT2D eigenvalue weighted by molar-refractivity contribution is 6.04. The van der Waals surface area contributed by atoms with Crippen molar-refractivity contribution < 1.29 is 23.1 Å². The molecule has 0 spiro atoms. The van der Waals surface area contributed by atoms with Crippen LogP contribution in [-0.4, -0.2) is 11.7 Å². The van der Waals surface area contributed by atoms with Gasteiger partial charge in [0.25, 0.3) is 0 Å². The van der Waals surface area contributed by atoms with Crippen molar-refractivity contribution in [1.29, 1.82) is 0 Å². The van der Waals surface area contributed by atoms with Gasteiger partial charge in [-0.15, -0.1) is 0 Å². The summed E-state index contributed by atoms with van der Waals surface area (Å²) in [4.78, 5) is 27.5. The first-order valence-corrected chi connectivity index (χ1v) is 12.1. The standard InChI is InChI=1S/C31H25F2NO3/c32-24-10-6-22(7-11-24)29(35)19-18-28-30(34(31(28)36)26-14-12-25(33)13-15-26)23-8-16-27(17-9-23)37-20-21-4-2-1-3-5-21/h1-17,28,30H,18-20H2/t28-,30+/m1/s1. The lowest BCUT2D eigenvalue weighted by Gasteiger charge is -2.47. The van der Waals surface area contributed by atoms with Crippen LogP contribution in [0.1, 0.15) is 40.4 Å². The van der Waals surface area contributed by atoms with Crippen LogP contribution in [0.25, 0.3) is 0 Å². The molecule has 0 saturated carbocycles.